The topological polar surface area (TPSA) is 127 Å². The Morgan fingerprint density at radius 1 is 1.45 bits per heavy atom. The van der Waals surface area contributed by atoms with Crippen molar-refractivity contribution < 1.29 is 18.6 Å². The molecule has 2 N–H and O–H groups in total. The normalized spacial score (nSPS) is 24.0. The number of hydrogen-bond donors (Lipinski definition) is 2. The zero-order valence-corrected chi connectivity index (χ0v) is 12.9. The van der Waals surface area contributed by atoms with Crippen molar-refractivity contribution in [2.45, 2.75) is 36.4 Å². The fourth-order valence-corrected chi connectivity index (χ4v) is 4.34. The average Bonchev–Trinajstić information content (AvgIpc) is 2.92. The molecule has 22 heavy (non-hydrogen) atoms. The number of hydrogen-bond acceptors (Lipinski definition) is 5. The quantitative estimate of drug-likeness (QED) is 0.471. The van der Waals surface area contributed by atoms with Gasteiger partial charge in [-0.25, -0.2) is 8.42 Å². The van der Waals surface area contributed by atoms with Crippen molar-refractivity contribution in [1.29, 1.82) is 0 Å². The Kier molecular flexibility index (Phi) is 5.05. The van der Waals surface area contributed by atoms with E-state index in [4.69, 9.17) is 10.6 Å². The van der Waals surface area contributed by atoms with Crippen LogP contribution in [0.2, 0.25) is 0 Å². The molecule has 1 aliphatic rings. The number of sulfonamides is 1. The summed E-state index contributed by atoms with van der Waals surface area (Å²) < 4.78 is 26.6. The van der Waals surface area contributed by atoms with E-state index in [2.05, 4.69) is 10.0 Å². The summed E-state index contributed by atoms with van der Waals surface area (Å²) in [7, 11) is -3.83. The van der Waals surface area contributed by atoms with Gasteiger partial charge >= 0.3 is 0 Å². The van der Waals surface area contributed by atoms with E-state index in [0.717, 1.165) is 9.87 Å². The minimum atomic E-state index is -3.83. The molecule has 120 valence electrons. The molecule has 0 aliphatic carbocycles. The highest BCUT2D eigenvalue weighted by atomic mass is 32.2. The number of azide groups is 1. The molecular formula is C13H18N4O4S. The third-order valence-corrected chi connectivity index (χ3v) is 5.69. The molecule has 1 saturated heterocycles. The van der Waals surface area contributed by atoms with Crippen LogP contribution >= 0.6 is 0 Å². The van der Waals surface area contributed by atoms with Crippen LogP contribution in [-0.4, -0.2) is 54.3 Å². The van der Waals surface area contributed by atoms with E-state index in [1.54, 1.807) is 12.1 Å². The highest BCUT2D eigenvalue weighted by Crippen LogP contribution is 2.30. The fraction of sp³-hybridized carbons (Fsp3) is 0.538. The lowest BCUT2D eigenvalue weighted by Gasteiger charge is -2.29. The maximum atomic E-state index is 12.7. The second-order valence-corrected chi connectivity index (χ2v) is 7.12. The lowest BCUT2D eigenvalue weighted by molar-refractivity contribution is 0.0447. The van der Waals surface area contributed by atoms with Gasteiger partial charge in [-0.05, 0) is 31.0 Å². The summed E-state index contributed by atoms with van der Waals surface area (Å²) in [6.07, 6.45) is -1.00. The Hall–Kier alpha value is -1.64. The van der Waals surface area contributed by atoms with E-state index in [-0.39, 0.29) is 11.4 Å². The SMILES string of the molecule is Cc1ccc(S(=O)(=O)N2CC[C@H](N=[N+]=[N-])[C@@H]2[C@@H](O)CO)cc1. The summed E-state index contributed by atoms with van der Waals surface area (Å²) in [6, 6.07) is 4.69. The van der Waals surface area contributed by atoms with Crippen LogP contribution in [-0.2, 0) is 10.0 Å². The number of aryl methyl sites for hydroxylation is 1. The number of aliphatic hydroxyl groups excluding tert-OH is 2. The van der Waals surface area contributed by atoms with Crippen LogP contribution in [0, 0.1) is 6.92 Å². The first-order chi connectivity index (χ1) is 10.4. The molecule has 1 aromatic rings. The lowest BCUT2D eigenvalue weighted by Crippen LogP contribution is -2.48. The fourth-order valence-electron chi connectivity index (χ4n) is 2.65. The van der Waals surface area contributed by atoms with Gasteiger partial charge in [-0.3, -0.25) is 0 Å². The van der Waals surface area contributed by atoms with Crippen molar-refractivity contribution in [2.75, 3.05) is 13.2 Å². The van der Waals surface area contributed by atoms with Gasteiger partial charge < -0.3 is 10.2 Å². The first-order valence-corrected chi connectivity index (χ1v) is 8.27. The van der Waals surface area contributed by atoms with Gasteiger partial charge in [0.15, 0.2) is 0 Å². The zero-order chi connectivity index (χ0) is 16.3. The number of benzene rings is 1. The highest BCUT2D eigenvalue weighted by Gasteiger charge is 2.44. The van der Waals surface area contributed by atoms with Crippen LogP contribution in [0.1, 0.15) is 12.0 Å². The smallest absolute Gasteiger partial charge is 0.243 e. The van der Waals surface area contributed by atoms with Crippen molar-refractivity contribution >= 4 is 10.0 Å². The molecule has 1 fully saturated rings. The third kappa shape index (κ3) is 3.08. The Morgan fingerprint density at radius 3 is 2.64 bits per heavy atom. The van der Waals surface area contributed by atoms with Crippen LogP contribution in [0.4, 0.5) is 0 Å². The molecular weight excluding hydrogens is 308 g/mol. The van der Waals surface area contributed by atoms with Crippen molar-refractivity contribution in [2.24, 2.45) is 5.11 Å². The van der Waals surface area contributed by atoms with Gasteiger partial charge in [-0.1, -0.05) is 22.8 Å². The molecule has 1 aromatic carbocycles. The lowest BCUT2D eigenvalue weighted by atomic mass is 10.1. The molecule has 9 heteroatoms. The minimum absolute atomic E-state index is 0.106. The first kappa shape index (κ1) is 16.7. The Balaban J connectivity index is 2.40. The molecule has 0 unspecified atom stereocenters. The summed E-state index contributed by atoms with van der Waals surface area (Å²) in [5, 5.41) is 22.7. The standard InChI is InChI=1S/C13H18N4O4S/c1-9-2-4-10(5-3-9)22(20,21)17-7-6-11(15-16-14)13(17)12(19)8-18/h2-5,11-13,18-19H,6-8H2,1H3/t11-,12-,13+/m0/s1. The number of aliphatic hydroxyl groups is 2. The van der Waals surface area contributed by atoms with E-state index >= 15 is 0 Å². The van der Waals surface area contributed by atoms with Crippen molar-refractivity contribution in [3.8, 4) is 0 Å². The van der Waals surface area contributed by atoms with Crippen LogP contribution in [0.5, 0.6) is 0 Å². The second kappa shape index (κ2) is 6.64. The second-order valence-electron chi connectivity index (χ2n) is 5.23. The largest absolute Gasteiger partial charge is 0.394 e. The zero-order valence-electron chi connectivity index (χ0n) is 12.1. The van der Waals surface area contributed by atoms with Gasteiger partial charge in [0.25, 0.3) is 0 Å². The van der Waals surface area contributed by atoms with Gasteiger partial charge in [0, 0.05) is 11.5 Å². The monoisotopic (exact) mass is 326 g/mol. The molecule has 0 radical (unpaired) electrons. The van der Waals surface area contributed by atoms with E-state index in [1.807, 2.05) is 6.92 Å². The molecule has 1 aliphatic heterocycles. The average molecular weight is 326 g/mol. The molecule has 2 rings (SSSR count). The molecule has 0 bridgehead atoms. The Morgan fingerprint density at radius 2 is 2.09 bits per heavy atom. The summed E-state index contributed by atoms with van der Waals surface area (Å²) in [5.41, 5.74) is 9.51. The van der Waals surface area contributed by atoms with Crippen molar-refractivity contribution in [3.63, 3.8) is 0 Å². The minimum Gasteiger partial charge on any atom is -0.394 e. The van der Waals surface area contributed by atoms with E-state index in [9.17, 15) is 13.5 Å². The van der Waals surface area contributed by atoms with Crippen molar-refractivity contribution in [3.05, 3.63) is 40.3 Å². The number of nitrogens with zero attached hydrogens (tertiary/aromatic N) is 4. The summed E-state index contributed by atoms with van der Waals surface area (Å²) in [4.78, 5) is 2.80. The Bertz CT molecular complexity index is 670. The van der Waals surface area contributed by atoms with Gasteiger partial charge in [0.2, 0.25) is 10.0 Å². The van der Waals surface area contributed by atoms with Crippen LogP contribution in [0.15, 0.2) is 34.3 Å². The maximum absolute atomic E-state index is 12.7. The van der Waals surface area contributed by atoms with Gasteiger partial charge in [-0.2, -0.15) is 4.31 Å². The van der Waals surface area contributed by atoms with Crippen LogP contribution < -0.4 is 0 Å². The summed E-state index contributed by atoms with van der Waals surface area (Å²) >= 11 is 0. The highest BCUT2D eigenvalue weighted by molar-refractivity contribution is 7.89. The molecule has 0 aromatic heterocycles. The van der Waals surface area contributed by atoms with Crippen LogP contribution in [0.25, 0.3) is 10.4 Å². The molecule has 3 atom stereocenters. The maximum Gasteiger partial charge on any atom is 0.243 e. The van der Waals surface area contributed by atoms with Crippen LogP contribution in [0.3, 0.4) is 0 Å². The molecule has 0 amide bonds. The first-order valence-electron chi connectivity index (χ1n) is 6.83. The predicted octanol–water partition coefficient (Wildman–Crippen LogP) is 0.790. The van der Waals surface area contributed by atoms with Crippen molar-refractivity contribution in [1.82, 2.24) is 4.31 Å². The van der Waals surface area contributed by atoms with E-state index in [0.29, 0.717) is 6.42 Å². The predicted molar refractivity (Wildman–Crippen MR) is 79.5 cm³/mol. The number of rotatable bonds is 5. The van der Waals surface area contributed by atoms with Gasteiger partial charge in [0.1, 0.15) is 0 Å². The van der Waals surface area contributed by atoms with E-state index < -0.39 is 34.8 Å². The molecule has 8 nitrogen and oxygen atoms in total. The van der Waals surface area contributed by atoms with Gasteiger partial charge in [0.05, 0.1) is 29.7 Å². The van der Waals surface area contributed by atoms with E-state index in [1.165, 1.54) is 12.1 Å². The molecule has 1 heterocycles. The summed E-state index contributed by atoms with van der Waals surface area (Å²) in [5.74, 6) is 0. The van der Waals surface area contributed by atoms with Gasteiger partial charge in [-0.15, -0.1) is 0 Å². The summed E-state index contributed by atoms with van der Waals surface area (Å²) in [6.45, 7) is 1.37. The third-order valence-electron chi connectivity index (χ3n) is 3.78. The molecule has 0 spiro atoms. The Labute approximate surface area is 128 Å². The molecule has 0 saturated carbocycles.